The molecule has 0 atom stereocenters. The number of carbonyl (C=O) groups excluding carboxylic acids is 1. The number of anilines is 1. The zero-order chi connectivity index (χ0) is 26.2. The average molecular weight is 509 g/mol. The first-order chi connectivity index (χ1) is 18.4. The fourth-order valence-electron chi connectivity index (χ4n) is 5.79. The third kappa shape index (κ3) is 4.80. The van der Waals surface area contributed by atoms with E-state index >= 15 is 0 Å². The Kier molecular flexibility index (Phi) is 6.44. The van der Waals surface area contributed by atoms with Gasteiger partial charge in [0.25, 0.3) is 0 Å². The zero-order valence-electron chi connectivity index (χ0n) is 22.2. The summed E-state index contributed by atoms with van der Waals surface area (Å²) in [6.07, 6.45) is 5.70. The van der Waals surface area contributed by atoms with Crippen molar-refractivity contribution >= 4 is 33.4 Å². The Hall–Kier alpha value is -4.00. The first kappa shape index (κ1) is 24.3. The van der Waals surface area contributed by atoms with Crippen molar-refractivity contribution in [1.29, 1.82) is 0 Å². The number of hydrogen-bond acceptors (Lipinski definition) is 5. The molecule has 4 aromatic rings. The van der Waals surface area contributed by atoms with Gasteiger partial charge in [-0.3, -0.25) is 4.79 Å². The lowest BCUT2D eigenvalue weighted by molar-refractivity contribution is 0.100. The maximum atomic E-state index is 11.7. The number of hydrogen-bond donors (Lipinski definition) is 3. The van der Waals surface area contributed by atoms with Crippen LogP contribution in [0.25, 0.3) is 21.8 Å². The number of imidazole rings is 1. The largest absolute Gasteiger partial charge is 0.382 e. The maximum Gasteiger partial charge on any atom is 0.248 e. The molecule has 1 aromatic heterocycles. The number of rotatable bonds is 7. The van der Waals surface area contributed by atoms with Crippen molar-refractivity contribution in [3.8, 4) is 0 Å². The summed E-state index contributed by atoms with van der Waals surface area (Å²) in [6.45, 7) is 8.32. The summed E-state index contributed by atoms with van der Waals surface area (Å²) in [5, 5.41) is 9.42. The number of benzene rings is 3. The fourth-order valence-corrected chi connectivity index (χ4v) is 5.79. The number of primary amides is 1. The molecule has 1 fully saturated rings. The quantitative estimate of drug-likeness (QED) is 0.321. The van der Waals surface area contributed by atoms with Crippen LogP contribution in [0.2, 0.25) is 0 Å². The van der Waals surface area contributed by atoms with Crippen LogP contribution in [0.4, 0.5) is 5.69 Å². The fraction of sp³-hybridized carbons (Fsp3) is 0.355. The summed E-state index contributed by atoms with van der Waals surface area (Å²) in [4.78, 5) is 19.2. The first-order valence-corrected chi connectivity index (χ1v) is 13.7. The lowest BCUT2D eigenvalue weighted by atomic mass is 10.0. The Labute approximate surface area is 223 Å². The molecular formula is C31H36N6O. The van der Waals surface area contributed by atoms with E-state index in [4.69, 9.17) is 10.7 Å². The van der Waals surface area contributed by atoms with Crippen molar-refractivity contribution < 1.29 is 4.79 Å². The number of nitrogens with two attached hydrogens (primary N) is 1. The highest BCUT2D eigenvalue weighted by molar-refractivity contribution is 5.97. The van der Waals surface area contributed by atoms with Crippen LogP contribution in [0, 0.1) is 0 Å². The highest BCUT2D eigenvalue weighted by Gasteiger charge is 2.22. The standard InChI is InChI=1S/C31H36N6O/c1-20(2)31-35-27-10-9-26(34-25-11-14-36(15-12-25)29-4-3-13-33-29)18-28(27)37(31)19-21-5-6-22-7-8-23(30(32)38)17-24(22)16-21/h4-10,16-18,20,25,33-34H,3,11-15,19H2,1-2H3,(H2,32,38). The summed E-state index contributed by atoms with van der Waals surface area (Å²) in [5.41, 5.74) is 10.5. The summed E-state index contributed by atoms with van der Waals surface area (Å²) >= 11 is 0. The molecule has 6 rings (SSSR count). The second-order valence-electron chi connectivity index (χ2n) is 10.9. The number of nitrogens with zero attached hydrogens (tertiary/aromatic N) is 3. The van der Waals surface area contributed by atoms with Crippen LogP contribution in [-0.2, 0) is 6.54 Å². The number of nitrogens with one attached hydrogen (secondary N) is 2. The summed E-state index contributed by atoms with van der Waals surface area (Å²) in [5.74, 6) is 2.28. The Bertz CT molecular complexity index is 1530. The monoisotopic (exact) mass is 508 g/mol. The van der Waals surface area contributed by atoms with E-state index in [-0.39, 0.29) is 0 Å². The minimum Gasteiger partial charge on any atom is -0.382 e. The van der Waals surface area contributed by atoms with E-state index in [1.807, 2.05) is 12.1 Å². The molecule has 7 heteroatoms. The zero-order valence-corrected chi connectivity index (χ0v) is 22.2. The highest BCUT2D eigenvalue weighted by Crippen LogP contribution is 2.28. The van der Waals surface area contributed by atoms with Crippen LogP contribution in [0.5, 0.6) is 0 Å². The van der Waals surface area contributed by atoms with Crippen LogP contribution in [0.15, 0.2) is 66.5 Å². The number of fused-ring (bicyclic) bond motifs is 2. The van der Waals surface area contributed by atoms with E-state index in [0.29, 0.717) is 24.1 Å². The Morgan fingerprint density at radius 3 is 2.63 bits per heavy atom. The summed E-state index contributed by atoms with van der Waals surface area (Å²) < 4.78 is 2.34. The number of aromatic nitrogens is 2. The molecule has 0 unspecified atom stereocenters. The van der Waals surface area contributed by atoms with Crippen LogP contribution in [-0.4, -0.2) is 46.0 Å². The van der Waals surface area contributed by atoms with Gasteiger partial charge in [-0.1, -0.05) is 32.0 Å². The molecule has 0 spiro atoms. The molecule has 0 bridgehead atoms. The van der Waals surface area contributed by atoms with Gasteiger partial charge in [0.05, 0.1) is 16.9 Å². The van der Waals surface area contributed by atoms with Crippen LogP contribution in [0.1, 0.15) is 60.8 Å². The van der Waals surface area contributed by atoms with Crippen LogP contribution in [0.3, 0.4) is 0 Å². The molecule has 38 heavy (non-hydrogen) atoms. The highest BCUT2D eigenvalue weighted by atomic mass is 16.1. The van der Waals surface area contributed by atoms with Gasteiger partial charge in [0.1, 0.15) is 5.82 Å². The smallest absolute Gasteiger partial charge is 0.248 e. The van der Waals surface area contributed by atoms with E-state index in [9.17, 15) is 4.79 Å². The molecule has 196 valence electrons. The van der Waals surface area contributed by atoms with E-state index < -0.39 is 5.91 Å². The van der Waals surface area contributed by atoms with Gasteiger partial charge < -0.3 is 25.8 Å². The third-order valence-corrected chi connectivity index (χ3v) is 7.82. The molecule has 2 aliphatic rings. The number of likely N-dealkylation sites (tertiary alicyclic amines) is 1. The first-order valence-electron chi connectivity index (χ1n) is 13.7. The topological polar surface area (TPSA) is 88.2 Å². The van der Waals surface area contributed by atoms with E-state index in [1.54, 1.807) is 6.07 Å². The number of amides is 1. The lowest BCUT2D eigenvalue weighted by Crippen LogP contribution is -2.40. The molecule has 7 nitrogen and oxygen atoms in total. The molecule has 3 heterocycles. The number of piperidine rings is 1. The molecule has 0 aliphatic carbocycles. The van der Waals surface area contributed by atoms with Gasteiger partial charge >= 0.3 is 0 Å². The summed E-state index contributed by atoms with van der Waals surface area (Å²) in [6, 6.07) is 19.1. The van der Waals surface area contributed by atoms with Crippen molar-refractivity contribution in [3.63, 3.8) is 0 Å². The molecule has 1 saturated heterocycles. The van der Waals surface area contributed by atoms with Crippen molar-refractivity contribution in [2.75, 3.05) is 25.0 Å². The molecule has 3 aromatic carbocycles. The average Bonchev–Trinajstić information content (AvgIpc) is 3.58. The minimum atomic E-state index is -0.405. The second-order valence-corrected chi connectivity index (χ2v) is 10.9. The predicted octanol–water partition coefficient (Wildman–Crippen LogP) is 5.17. The summed E-state index contributed by atoms with van der Waals surface area (Å²) in [7, 11) is 0. The Morgan fingerprint density at radius 1 is 1.08 bits per heavy atom. The number of carbonyl (C=O) groups is 1. The predicted molar refractivity (Wildman–Crippen MR) is 154 cm³/mol. The lowest BCUT2D eigenvalue weighted by Gasteiger charge is -2.35. The van der Waals surface area contributed by atoms with Crippen molar-refractivity contribution in [2.45, 2.75) is 51.6 Å². The van der Waals surface area contributed by atoms with E-state index in [1.165, 1.54) is 11.4 Å². The van der Waals surface area contributed by atoms with Crippen molar-refractivity contribution in [3.05, 3.63) is 83.4 Å². The third-order valence-electron chi connectivity index (χ3n) is 7.82. The van der Waals surface area contributed by atoms with E-state index in [2.05, 4.69) is 76.4 Å². The molecule has 4 N–H and O–H groups in total. The second kappa shape index (κ2) is 10.0. The van der Waals surface area contributed by atoms with Gasteiger partial charge in [-0.2, -0.15) is 0 Å². The van der Waals surface area contributed by atoms with Crippen LogP contribution >= 0.6 is 0 Å². The SMILES string of the molecule is CC(C)c1nc2ccc(NC3CCN(C4=CCCN4)CC3)cc2n1Cc1ccc2ccc(C(N)=O)cc2c1. The van der Waals surface area contributed by atoms with Crippen molar-refractivity contribution in [2.24, 2.45) is 5.73 Å². The maximum absolute atomic E-state index is 11.7. The van der Waals surface area contributed by atoms with Crippen LogP contribution < -0.4 is 16.4 Å². The van der Waals surface area contributed by atoms with Gasteiger partial charge in [0.2, 0.25) is 5.91 Å². The molecule has 2 aliphatic heterocycles. The minimum absolute atomic E-state index is 0.295. The Morgan fingerprint density at radius 2 is 1.89 bits per heavy atom. The molecule has 0 saturated carbocycles. The molecule has 0 radical (unpaired) electrons. The van der Waals surface area contributed by atoms with Gasteiger partial charge in [-0.15, -0.1) is 0 Å². The van der Waals surface area contributed by atoms with Crippen molar-refractivity contribution in [1.82, 2.24) is 19.8 Å². The normalized spacial score (nSPS) is 16.3. The van der Waals surface area contributed by atoms with Gasteiger partial charge in [0, 0.05) is 49.4 Å². The molecular weight excluding hydrogens is 472 g/mol. The van der Waals surface area contributed by atoms with Gasteiger partial charge in [-0.05, 0) is 78.1 Å². The van der Waals surface area contributed by atoms with Gasteiger partial charge in [0.15, 0.2) is 0 Å². The van der Waals surface area contributed by atoms with Gasteiger partial charge in [-0.25, -0.2) is 4.98 Å². The molecule has 1 amide bonds. The Balaban J connectivity index is 1.26. The van der Waals surface area contributed by atoms with E-state index in [0.717, 1.165) is 72.2 Å².